The molecule has 86 valence electrons. The molecule has 15 heavy (non-hydrogen) atoms. The SMILES string of the molecule is CC1CCCC(N2C(=O)C(C)NC2C)C1. The molecule has 1 aliphatic carbocycles. The minimum Gasteiger partial charge on any atom is -0.323 e. The van der Waals surface area contributed by atoms with E-state index in [2.05, 4.69) is 24.1 Å². The molecule has 3 heteroatoms. The highest BCUT2D eigenvalue weighted by molar-refractivity contribution is 5.84. The Morgan fingerprint density at radius 1 is 1.27 bits per heavy atom. The Labute approximate surface area is 92.2 Å². The molecule has 0 spiro atoms. The van der Waals surface area contributed by atoms with Gasteiger partial charge in [0.2, 0.25) is 5.91 Å². The minimum atomic E-state index is 0.0113. The number of hydrogen-bond donors (Lipinski definition) is 1. The number of nitrogens with zero attached hydrogens (tertiary/aromatic N) is 1. The van der Waals surface area contributed by atoms with Gasteiger partial charge in [-0.05, 0) is 32.6 Å². The van der Waals surface area contributed by atoms with E-state index < -0.39 is 0 Å². The van der Waals surface area contributed by atoms with Crippen molar-refractivity contribution in [3.63, 3.8) is 0 Å². The molecular formula is C12H22N2O. The maximum Gasteiger partial charge on any atom is 0.240 e. The number of carbonyl (C=O) groups excluding carboxylic acids is 1. The number of amides is 1. The van der Waals surface area contributed by atoms with E-state index in [-0.39, 0.29) is 12.2 Å². The third-order valence-corrected chi connectivity index (χ3v) is 3.84. The number of rotatable bonds is 1. The first-order valence-electron chi connectivity index (χ1n) is 6.18. The van der Waals surface area contributed by atoms with Crippen LogP contribution in [-0.4, -0.2) is 29.1 Å². The van der Waals surface area contributed by atoms with Crippen molar-refractivity contribution in [2.45, 2.75) is 64.7 Å². The molecule has 1 amide bonds. The molecule has 1 heterocycles. The van der Waals surface area contributed by atoms with E-state index in [1.165, 1.54) is 25.7 Å². The highest BCUT2D eigenvalue weighted by Gasteiger charge is 2.38. The van der Waals surface area contributed by atoms with Crippen molar-refractivity contribution in [1.29, 1.82) is 0 Å². The van der Waals surface area contributed by atoms with Crippen LogP contribution in [0.3, 0.4) is 0 Å². The zero-order valence-electron chi connectivity index (χ0n) is 9.99. The molecule has 0 aromatic heterocycles. The second-order valence-corrected chi connectivity index (χ2v) is 5.24. The maximum atomic E-state index is 12.0. The first-order chi connectivity index (χ1) is 7.09. The van der Waals surface area contributed by atoms with Crippen molar-refractivity contribution in [2.75, 3.05) is 0 Å². The maximum absolute atomic E-state index is 12.0. The van der Waals surface area contributed by atoms with E-state index in [1.807, 2.05) is 6.92 Å². The summed E-state index contributed by atoms with van der Waals surface area (Å²) in [6, 6.07) is 0.492. The van der Waals surface area contributed by atoms with Gasteiger partial charge in [0.25, 0.3) is 0 Å². The summed E-state index contributed by atoms with van der Waals surface area (Å²) in [5, 5.41) is 3.31. The molecule has 0 aromatic rings. The predicted molar refractivity (Wildman–Crippen MR) is 60.3 cm³/mol. The zero-order chi connectivity index (χ0) is 11.0. The third kappa shape index (κ3) is 2.03. The van der Waals surface area contributed by atoms with Gasteiger partial charge in [0, 0.05) is 6.04 Å². The highest BCUT2D eigenvalue weighted by Crippen LogP contribution is 2.30. The normalized spacial score (nSPS) is 42.3. The monoisotopic (exact) mass is 210 g/mol. The molecule has 4 atom stereocenters. The Hall–Kier alpha value is -0.570. The molecule has 1 aliphatic heterocycles. The molecule has 0 aromatic carbocycles. The summed E-state index contributed by atoms with van der Waals surface area (Å²) in [6.07, 6.45) is 5.20. The number of carbonyl (C=O) groups is 1. The fourth-order valence-electron chi connectivity index (χ4n) is 3.08. The van der Waals surface area contributed by atoms with Gasteiger partial charge in [-0.15, -0.1) is 0 Å². The fourth-order valence-corrected chi connectivity index (χ4v) is 3.08. The molecule has 1 saturated heterocycles. The van der Waals surface area contributed by atoms with Crippen LogP contribution in [0.4, 0.5) is 0 Å². The molecule has 3 nitrogen and oxygen atoms in total. The highest BCUT2D eigenvalue weighted by atomic mass is 16.2. The lowest BCUT2D eigenvalue weighted by molar-refractivity contribution is -0.132. The second kappa shape index (κ2) is 4.12. The van der Waals surface area contributed by atoms with E-state index in [0.29, 0.717) is 11.9 Å². The Balaban J connectivity index is 2.05. The van der Waals surface area contributed by atoms with Gasteiger partial charge in [0.1, 0.15) is 0 Å². The molecule has 2 aliphatic rings. The van der Waals surface area contributed by atoms with Gasteiger partial charge in [-0.25, -0.2) is 0 Å². The minimum absolute atomic E-state index is 0.0113. The first kappa shape index (κ1) is 10.9. The topological polar surface area (TPSA) is 32.3 Å². The van der Waals surface area contributed by atoms with Crippen LogP contribution in [0.5, 0.6) is 0 Å². The van der Waals surface area contributed by atoms with Crippen molar-refractivity contribution in [2.24, 2.45) is 5.92 Å². The molecule has 2 fully saturated rings. The van der Waals surface area contributed by atoms with E-state index in [9.17, 15) is 4.79 Å². The van der Waals surface area contributed by atoms with Gasteiger partial charge < -0.3 is 4.90 Å². The second-order valence-electron chi connectivity index (χ2n) is 5.24. The van der Waals surface area contributed by atoms with E-state index in [4.69, 9.17) is 0 Å². The molecule has 4 unspecified atom stereocenters. The van der Waals surface area contributed by atoms with Crippen molar-refractivity contribution >= 4 is 5.91 Å². The molecule has 0 radical (unpaired) electrons. The summed E-state index contributed by atoms with van der Waals surface area (Å²) in [6.45, 7) is 6.36. The van der Waals surface area contributed by atoms with Crippen molar-refractivity contribution in [3.8, 4) is 0 Å². The lowest BCUT2D eigenvalue weighted by Gasteiger charge is -2.36. The largest absolute Gasteiger partial charge is 0.323 e. The van der Waals surface area contributed by atoms with Crippen LogP contribution >= 0.6 is 0 Å². The number of nitrogens with one attached hydrogen (secondary N) is 1. The van der Waals surface area contributed by atoms with Crippen LogP contribution in [0.2, 0.25) is 0 Å². The standard InChI is InChI=1S/C12H22N2O/c1-8-5-4-6-11(7-8)14-10(3)13-9(2)12(14)15/h8-11,13H,4-7H2,1-3H3. The summed E-state index contributed by atoms with van der Waals surface area (Å²) >= 11 is 0. The number of hydrogen-bond acceptors (Lipinski definition) is 2. The Morgan fingerprint density at radius 2 is 2.00 bits per heavy atom. The lowest BCUT2D eigenvalue weighted by atomic mass is 9.86. The van der Waals surface area contributed by atoms with Crippen LogP contribution < -0.4 is 5.32 Å². The van der Waals surface area contributed by atoms with E-state index >= 15 is 0 Å². The summed E-state index contributed by atoms with van der Waals surface area (Å²) in [4.78, 5) is 14.1. The Kier molecular flexibility index (Phi) is 3.01. The molecule has 0 bridgehead atoms. The van der Waals surface area contributed by atoms with E-state index in [0.717, 1.165) is 5.92 Å². The van der Waals surface area contributed by atoms with Gasteiger partial charge in [-0.2, -0.15) is 0 Å². The smallest absolute Gasteiger partial charge is 0.240 e. The van der Waals surface area contributed by atoms with Crippen LogP contribution in [0, 0.1) is 5.92 Å². The molecular weight excluding hydrogens is 188 g/mol. The van der Waals surface area contributed by atoms with Gasteiger partial charge in [-0.3, -0.25) is 10.1 Å². The van der Waals surface area contributed by atoms with Crippen LogP contribution in [0.25, 0.3) is 0 Å². The third-order valence-electron chi connectivity index (χ3n) is 3.84. The summed E-state index contributed by atoms with van der Waals surface area (Å²) in [7, 11) is 0. The molecule has 2 rings (SSSR count). The Morgan fingerprint density at radius 3 is 2.53 bits per heavy atom. The van der Waals surface area contributed by atoms with Gasteiger partial charge in [0.15, 0.2) is 0 Å². The van der Waals surface area contributed by atoms with Gasteiger partial charge >= 0.3 is 0 Å². The van der Waals surface area contributed by atoms with Crippen molar-refractivity contribution in [1.82, 2.24) is 10.2 Å². The average Bonchev–Trinajstić information content (AvgIpc) is 2.41. The molecule has 1 saturated carbocycles. The zero-order valence-corrected chi connectivity index (χ0v) is 9.99. The van der Waals surface area contributed by atoms with Gasteiger partial charge in [0.05, 0.1) is 12.2 Å². The lowest BCUT2D eigenvalue weighted by Crippen LogP contribution is -2.45. The van der Waals surface area contributed by atoms with Crippen molar-refractivity contribution < 1.29 is 4.79 Å². The average molecular weight is 210 g/mol. The van der Waals surface area contributed by atoms with E-state index in [1.54, 1.807) is 0 Å². The summed E-state index contributed by atoms with van der Waals surface area (Å²) in [5.41, 5.74) is 0. The first-order valence-corrected chi connectivity index (χ1v) is 6.18. The van der Waals surface area contributed by atoms with Gasteiger partial charge in [-0.1, -0.05) is 19.8 Å². The van der Waals surface area contributed by atoms with Crippen LogP contribution in [0.1, 0.15) is 46.5 Å². The molecule has 1 N–H and O–H groups in total. The van der Waals surface area contributed by atoms with Crippen LogP contribution in [-0.2, 0) is 4.79 Å². The summed E-state index contributed by atoms with van der Waals surface area (Å²) < 4.78 is 0. The van der Waals surface area contributed by atoms with Crippen molar-refractivity contribution in [3.05, 3.63) is 0 Å². The fraction of sp³-hybridized carbons (Fsp3) is 0.917. The van der Waals surface area contributed by atoms with Crippen LogP contribution in [0.15, 0.2) is 0 Å². The summed E-state index contributed by atoms with van der Waals surface area (Å²) in [5.74, 6) is 1.07. The predicted octanol–water partition coefficient (Wildman–Crippen LogP) is 1.73. The Bertz CT molecular complexity index is 254. The quantitative estimate of drug-likeness (QED) is 0.715.